The van der Waals surface area contributed by atoms with E-state index in [1.807, 2.05) is 43.3 Å². The van der Waals surface area contributed by atoms with Crippen LogP contribution in [-0.4, -0.2) is 27.5 Å². The molecule has 7 heteroatoms. The Morgan fingerprint density at radius 2 is 1.85 bits per heavy atom. The van der Waals surface area contributed by atoms with Gasteiger partial charge in [-0.05, 0) is 43.3 Å². The van der Waals surface area contributed by atoms with E-state index in [0.29, 0.717) is 23.0 Å². The Balaban J connectivity index is 1.63. The van der Waals surface area contributed by atoms with Crippen LogP contribution in [0.5, 0.6) is 5.75 Å². The first kappa shape index (κ1) is 17.1. The van der Waals surface area contributed by atoms with Crippen molar-refractivity contribution in [2.24, 2.45) is 0 Å². The maximum absolute atomic E-state index is 12.8. The topological polar surface area (TPSA) is 77.0 Å². The van der Waals surface area contributed by atoms with Gasteiger partial charge in [0, 0.05) is 18.1 Å². The molecule has 4 rings (SSSR count). The number of rotatable bonds is 5. The van der Waals surface area contributed by atoms with Crippen LogP contribution in [0.3, 0.4) is 0 Å². The zero-order valence-corrected chi connectivity index (χ0v) is 15.4. The minimum absolute atomic E-state index is 0.241. The number of aromatic nitrogens is 3. The average molecular weight is 376 g/mol. The van der Waals surface area contributed by atoms with Crippen LogP contribution in [0.2, 0.25) is 0 Å². The van der Waals surface area contributed by atoms with Gasteiger partial charge in [0.1, 0.15) is 16.5 Å². The van der Waals surface area contributed by atoms with Crippen molar-refractivity contribution in [3.05, 3.63) is 66.6 Å². The van der Waals surface area contributed by atoms with E-state index in [2.05, 4.69) is 20.3 Å². The molecule has 0 fully saturated rings. The number of anilines is 1. The summed E-state index contributed by atoms with van der Waals surface area (Å²) in [5.74, 6) is 0.423. The van der Waals surface area contributed by atoms with Gasteiger partial charge in [-0.2, -0.15) is 0 Å². The molecule has 1 amide bonds. The highest BCUT2D eigenvalue weighted by molar-refractivity contribution is 7.21. The summed E-state index contributed by atoms with van der Waals surface area (Å²) in [5.41, 5.74) is 2.25. The number of ether oxygens (including phenoxy) is 1. The SMILES string of the molecule is CCOc1ccc(NC(=O)c2nccnc2-c2nc3ccccc3s2)cc1. The number of para-hydroxylation sites is 1. The summed E-state index contributed by atoms with van der Waals surface area (Å²) >= 11 is 1.49. The summed E-state index contributed by atoms with van der Waals surface area (Å²) in [4.78, 5) is 25.9. The maximum atomic E-state index is 12.8. The number of thiazole rings is 1. The van der Waals surface area contributed by atoms with Crippen molar-refractivity contribution in [3.8, 4) is 16.5 Å². The van der Waals surface area contributed by atoms with Gasteiger partial charge in [-0.15, -0.1) is 11.3 Å². The Kier molecular flexibility index (Phi) is 4.76. The van der Waals surface area contributed by atoms with Crippen molar-refractivity contribution in [1.82, 2.24) is 15.0 Å². The van der Waals surface area contributed by atoms with Gasteiger partial charge < -0.3 is 10.1 Å². The lowest BCUT2D eigenvalue weighted by Gasteiger charge is -2.08. The molecule has 134 valence electrons. The lowest BCUT2D eigenvalue weighted by molar-refractivity contribution is 0.102. The molecular weight excluding hydrogens is 360 g/mol. The van der Waals surface area contributed by atoms with Gasteiger partial charge in [-0.25, -0.2) is 15.0 Å². The fourth-order valence-corrected chi connectivity index (χ4v) is 3.59. The number of carbonyl (C=O) groups is 1. The van der Waals surface area contributed by atoms with Crippen LogP contribution in [0.1, 0.15) is 17.4 Å². The summed E-state index contributed by atoms with van der Waals surface area (Å²) in [7, 11) is 0. The number of hydrogen-bond donors (Lipinski definition) is 1. The first-order valence-electron chi connectivity index (χ1n) is 8.46. The molecule has 0 saturated carbocycles. The van der Waals surface area contributed by atoms with Gasteiger partial charge in [-0.3, -0.25) is 4.79 Å². The van der Waals surface area contributed by atoms with Crippen LogP contribution in [0, 0.1) is 0 Å². The molecule has 0 unspecified atom stereocenters. The monoisotopic (exact) mass is 376 g/mol. The second-order valence-electron chi connectivity index (χ2n) is 5.65. The van der Waals surface area contributed by atoms with Crippen LogP contribution >= 0.6 is 11.3 Å². The molecule has 1 N–H and O–H groups in total. The van der Waals surface area contributed by atoms with Gasteiger partial charge in [0.25, 0.3) is 5.91 Å². The van der Waals surface area contributed by atoms with Crippen LogP contribution < -0.4 is 10.1 Å². The minimum Gasteiger partial charge on any atom is -0.494 e. The van der Waals surface area contributed by atoms with Crippen molar-refractivity contribution in [2.75, 3.05) is 11.9 Å². The average Bonchev–Trinajstić information content (AvgIpc) is 3.14. The highest BCUT2D eigenvalue weighted by atomic mass is 32.1. The first-order valence-corrected chi connectivity index (χ1v) is 9.27. The van der Waals surface area contributed by atoms with E-state index in [4.69, 9.17) is 4.74 Å². The van der Waals surface area contributed by atoms with Crippen LogP contribution in [0.4, 0.5) is 5.69 Å². The lowest BCUT2D eigenvalue weighted by Crippen LogP contribution is -2.15. The Morgan fingerprint density at radius 3 is 2.63 bits per heavy atom. The molecule has 0 saturated heterocycles. The molecule has 27 heavy (non-hydrogen) atoms. The number of nitrogens with zero attached hydrogens (tertiary/aromatic N) is 3. The van der Waals surface area contributed by atoms with Gasteiger partial charge in [0.05, 0.1) is 16.8 Å². The zero-order chi connectivity index (χ0) is 18.6. The lowest BCUT2D eigenvalue weighted by atomic mass is 10.2. The summed E-state index contributed by atoms with van der Waals surface area (Å²) in [6.45, 7) is 2.52. The second-order valence-corrected chi connectivity index (χ2v) is 6.68. The molecule has 2 aromatic carbocycles. The number of nitrogens with one attached hydrogen (secondary N) is 1. The standard InChI is InChI=1S/C20H16N4O2S/c1-2-26-14-9-7-13(8-10-14)23-19(25)17-18(22-12-11-21-17)20-24-15-5-3-4-6-16(15)27-20/h3-12H,2H2,1H3,(H,23,25). The Labute approximate surface area is 159 Å². The second kappa shape index (κ2) is 7.51. The summed E-state index contributed by atoms with van der Waals surface area (Å²) in [5, 5.41) is 3.52. The van der Waals surface area contributed by atoms with Gasteiger partial charge in [0.15, 0.2) is 5.69 Å². The summed E-state index contributed by atoms with van der Waals surface area (Å²) in [6, 6.07) is 15.0. The van der Waals surface area contributed by atoms with Crippen molar-refractivity contribution in [2.45, 2.75) is 6.92 Å². The van der Waals surface area contributed by atoms with E-state index in [0.717, 1.165) is 16.0 Å². The fraction of sp³-hybridized carbons (Fsp3) is 0.100. The van der Waals surface area contributed by atoms with Crippen LogP contribution in [-0.2, 0) is 0 Å². The molecule has 0 bridgehead atoms. The third kappa shape index (κ3) is 3.63. The fourth-order valence-electron chi connectivity index (χ4n) is 2.63. The zero-order valence-electron chi connectivity index (χ0n) is 14.5. The quantitative estimate of drug-likeness (QED) is 0.558. The van der Waals surface area contributed by atoms with Crippen LogP contribution in [0.25, 0.3) is 20.9 Å². The van der Waals surface area contributed by atoms with Crippen molar-refractivity contribution >= 4 is 33.1 Å². The number of amides is 1. The van der Waals surface area contributed by atoms with Gasteiger partial charge in [0.2, 0.25) is 0 Å². The van der Waals surface area contributed by atoms with Crippen LogP contribution in [0.15, 0.2) is 60.9 Å². The molecule has 0 atom stereocenters. The van der Waals surface area contributed by atoms with Gasteiger partial charge >= 0.3 is 0 Å². The number of benzene rings is 2. The number of carbonyl (C=O) groups excluding carboxylic acids is 1. The normalized spacial score (nSPS) is 10.7. The predicted molar refractivity (Wildman–Crippen MR) is 106 cm³/mol. The summed E-state index contributed by atoms with van der Waals surface area (Å²) < 4.78 is 6.45. The smallest absolute Gasteiger partial charge is 0.276 e. The molecule has 0 aliphatic heterocycles. The van der Waals surface area contributed by atoms with Crippen molar-refractivity contribution in [3.63, 3.8) is 0 Å². The highest BCUT2D eigenvalue weighted by Crippen LogP contribution is 2.30. The number of fused-ring (bicyclic) bond motifs is 1. The molecule has 0 spiro atoms. The molecule has 0 aliphatic carbocycles. The third-order valence-corrected chi connectivity index (χ3v) is 4.88. The highest BCUT2D eigenvalue weighted by Gasteiger charge is 2.19. The molecule has 2 heterocycles. The van der Waals surface area contributed by atoms with Crippen molar-refractivity contribution < 1.29 is 9.53 Å². The number of hydrogen-bond acceptors (Lipinski definition) is 6. The molecule has 2 aromatic heterocycles. The van der Waals surface area contributed by atoms with E-state index in [9.17, 15) is 4.79 Å². The Bertz CT molecular complexity index is 1060. The molecule has 6 nitrogen and oxygen atoms in total. The van der Waals surface area contributed by atoms with E-state index in [-0.39, 0.29) is 11.6 Å². The first-order chi connectivity index (χ1) is 13.2. The van der Waals surface area contributed by atoms with Crippen molar-refractivity contribution in [1.29, 1.82) is 0 Å². The maximum Gasteiger partial charge on any atom is 0.276 e. The Hall–Kier alpha value is -3.32. The van der Waals surface area contributed by atoms with E-state index < -0.39 is 0 Å². The third-order valence-electron chi connectivity index (χ3n) is 3.83. The molecular formula is C20H16N4O2S. The predicted octanol–water partition coefficient (Wildman–Crippen LogP) is 4.40. The molecule has 0 radical (unpaired) electrons. The van der Waals surface area contributed by atoms with E-state index in [1.54, 1.807) is 18.3 Å². The Morgan fingerprint density at radius 1 is 1.07 bits per heavy atom. The molecule has 4 aromatic rings. The van der Waals surface area contributed by atoms with Gasteiger partial charge in [-0.1, -0.05) is 12.1 Å². The molecule has 0 aliphatic rings. The van der Waals surface area contributed by atoms with E-state index >= 15 is 0 Å². The largest absolute Gasteiger partial charge is 0.494 e. The minimum atomic E-state index is -0.332. The summed E-state index contributed by atoms with van der Waals surface area (Å²) in [6.07, 6.45) is 3.07. The van der Waals surface area contributed by atoms with E-state index in [1.165, 1.54) is 17.5 Å².